The Morgan fingerprint density at radius 1 is 1.29 bits per heavy atom. The largest absolute Gasteiger partial charge is 0.462 e. The summed E-state index contributed by atoms with van der Waals surface area (Å²) in [5, 5.41) is 0.571. The molecule has 3 rings (SSSR count). The minimum atomic E-state index is -0.309. The number of benzene rings is 1. The Labute approximate surface area is 142 Å². The van der Waals surface area contributed by atoms with Crippen molar-refractivity contribution < 1.29 is 9.53 Å². The first-order valence-corrected chi connectivity index (χ1v) is 8.42. The molecule has 2 heterocycles. The number of H-pyrrole nitrogens is 1. The number of fused-ring (bicyclic) bond motifs is 1. The number of thiophene rings is 1. The van der Waals surface area contributed by atoms with Crippen molar-refractivity contribution in [1.82, 2.24) is 9.97 Å². The molecule has 1 aromatic carbocycles. The molecule has 0 atom stereocenters. The number of anilines is 1. The quantitative estimate of drug-likeness (QED) is 0.694. The molecule has 0 saturated heterocycles. The number of nitrogens with zero attached hydrogens (tertiary/aromatic N) is 1. The van der Waals surface area contributed by atoms with E-state index in [-0.39, 0.29) is 17.5 Å². The Hall–Kier alpha value is -2.67. The van der Waals surface area contributed by atoms with Crippen LogP contribution in [0.2, 0.25) is 0 Å². The van der Waals surface area contributed by atoms with Gasteiger partial charge >= 0.3 is 5.97 Å². The van der Waals surface area contributed by atoms with Gasteiger partial charge in [-0.05, 0) is 43.5 Å². The second-order valence-electron chi connectivity index (χ2n) is 5.30. The zero-order valence-electron chi connectivity index (χ0n) is 13.2. The third-order valence-electron chi connectivity index (χ3n) is 3.60. The zero-order chi connectivity index (χ0) is 17.1. The molecule has 6 nitrogen and oxygen atoms in total. The van der Waals surface area contributed by atoms with E-state index in [1.54, 1.807) is 19.1 Å². The first-order valence-electron chi connectivity index (χ1n) is 7.61. The number of rotatable bonds is 5. The number of hydrogen-bond donors (Lipinski definition) is 2. The Morgan fingerprint density at radius 3 is 2.75 bits per heavy atom. The molecule has 0 radical (unpaired) electrons. The maximum Gasteiger partial charge on any atom is 0.338 e. The predicted octanol–water partition coefficient (Wildman–Crippen LogP) is 2.53. The van der Waals surface area contributed by atoms with Crippen molar-refractivity contribution in [1.29, 1.82) is 0 Å². The van der Waals surface area contributed by atoms with Crippen molar-refractivity contribution in [2.75, 3.05) is 12.3 Å². The molecule has 124 valence electrons. The fraction of sp³-hybridized carbons (Fsp3) is 0.235. The molecule has 0 unspecified atom stereocenters. The van der Waals surface area contributed by atoms with E-state index in [1.165, 1.54) is 11.3 Å². The molecule has 24 heavy (non-hydrogen) atoms. The van der Waals surface area contributed by atoms with Crippen molar-refractivity contribution in [3.63, 3.8) is 0 Å². The van der Waals surface area contributed by atoms with E-state index in [0.717, 1.165) is 23.3 Å². The highest BCUT2D eigenvalue weighted by Gasteiger charge is 2.09. The highest BCUT2D eigenvalue weighted by molar-refractivity contribution is 7.18. The average molecular weight is 343 g/mol. The molecular weight excluding hydrogens is 326 g/mol. The van der Waals surface area contributed by atoms with Gasteiger partial charge in [-0.1, -0.05) is 12.1 Å². The maximum atomic E-state index is 11.8. The number of aromatic amines is 1. The Bertz CT molecular complexity index is 928. The molecule has 0 aliphatic carbocycles. The van der Waals surface area contributed by atoms with Gasteiger partial charge in [0, 0.05) is 4.88 Å². The molecule has 2 aromatic heterocycles. The van der Waals surface area contributed by atoms with Crippen LogP contribution in [-0.4, -0.2) is 22.5 Å². The molecular formula is C17H17N3O3S. The standard InChI is InChI=1S/C17H17N3O3S/c1-2-23-16(22)11-6-3-10(4-7-11)5-8-12-9-13-14(21)19-17(18)20-15(13)24-12/h3-4,6-7,9H,2,5,8H2,1H3,(H3,18,19,20,21). The lowest BCUT2D eigenvalue weighted by atomic mass is 10.1. The molecule has 0 aliphatic rings. The van der Waals surface area contributed by atoms with E-state index in [9.17, 15) is 9.59 Å². The fourth-order valence-electron chi connectivity index (χ4n) is 2.41. The van der Waals surface area contributed by atoms with Crippen LogP contribution in [0.15, 0.2) is 35.1 Å². The minimum absolute atomic E-state index is 0.135. The third-order valence-corrected chi connectivity index (χ3v) is 4.69. The number of nitrogens with one attached hydrogen (secondary N) is 1. The maximum absolute atomic E-state index is 11.8. The van der Waals surface area contributed by atoms with E-state index in [2.05, 4.69) is 9.97 Å². The van der Waals surface area contributed by atoms with Crippen molar-refractivity contribution in [2.45, 2.75) is 19.8 Å². The van der Waals surface area contributed by atoms with E-state index < -0.39 is 0 Å². The fourth-order valence-corrected chi connectivity index (χ4v) is 3.45. The monoisotopic (exact) mass is 343 g/mol. The van der Waals surface area contributed by atoms with E-state index >= 15 is 0 Å². The molecule has 0 aliphatic heterocycles. The second-order valence-corrected chi connectivity index (χ2v) is 6.42. The zero-order valence-corrected chi connectivity index (χ0v) is 14.0. The number of aryl methyl sites for hydroxylation is 2. The van der Waals surface area contributed by atoms with Crippen molar-refractivity contribution in [3.05, 3.63) is 56.7 Å². The lowest BCUT2D eigenvalue weighted by molar-refractivity contribution is 0.0526. The number of carbonyl (C=O) groups is 1. The van der Waals surface area contributed by atoms with Gasteiger partial charge in [0.15, 0.2) is 0 Å². The lowest BCUT2D eigenvalue weighted by Crippen LogP contribution is -2.09. The topological polar surface area (TPSA) is 98.1 Å². The molecule has 0 spiro atoms. The summed E-state index contributed by atoms with van der Waals surface area (Å²) in [6.07, 6.45) is 1.60. The molecule has 7 heteroatoms. The SMILES string of the molecule is CCOC(=O)c1ccc(CCc2cc3c(=O)[nH]c(N)nc3s2)cc1. The van der Waals surface area contributed by atoms with Gasteiger partial charge < -0.3 is 10.5 Å². The van der Waals surface area contributed by atoms with E-state index in [4.69, 9.17) is 10.5 Å². The molecule has 3 aromatic rings. The number of esters is 1. The van der Waals surface area contributed by atoms with Gasteiger partial charge in [0.05, 0.1) is 17.6 Å². The molecule has 0 bridgehead atoms. The van der Waals surface area contributed by atoms with Crippen molar-refractivity contribution in [2.24, 2.45) is 0 Å². The summed E-state index contributed by atoms with van der Waals surface area (Å²) in [5.41, 5.74) is 7.01. The molecule has 3 N–H and O–H groups in total. The Balaban J connectivity index is 1.70. The molecule has 0 saturated carbocycles. The van der Waals surface area contributed by atoms with Crippen LogP contribution >= 0.6 is 11.3 Å². The summed E-state index contributed by atoms with van der Waals surface area (Å²) in [6.45, 7) is 2.15. The van der Waals surface area contributed by atoms with E-state index in [0.29, 0.717) is 22.4 Å². The average Bonchev–Trinajstić information content (AvgIpc) is 2.97. The summed E-state index contributed by atoms with van der Waals surface area (Å²) >= 11 is 1.47. The van der Waals surface area contributed by atoms with Crippen molar-refractivity contribution >= 4 is 33.5 Å². The Kier molecular flexibility index (Phi) is 4.61. The van der Waals surface area contributed by atoms with Gasteiger partial charge in [-0.25, -0.2) is 9.78 Å². The molecule has 0 fully saturated rings. The van der Waals surface area contributed by atoms with Crippen molar-refractivity contribution in [3.8, 4) is 0 Å². The van der Waals surface area contributed by atoms with E-state index in [1.807, 2.05) is 18.2 Å². The van der Waals surface area contributed by atoms with Crippen LogP contribution in [0.3, 0.4) is 0 Å². The van der Waals surface area contributed by atoms with Crippen LogP contribution in [0.25, 0.3) is 10.2 Å². The number of ether oxygens (including phenoxy) is 1. The number of carbonyl (C=O) groups excluding carboxylic acids is 1. The first kappa shape index (κ1) is 16.2. The van der Waals surface area contributed by atoms with Gasteiger partial charge in [-0.15, -0.1) is 11.3 Å². The number of nitrogen functional groups attached to an aromatic ring is 1. The van der Waals surface area contributed by atoms with Gasteiger partial charge in [0.25, 0.3) is 5.56 Å². The predicted molar refractivity (Wildman–Crippen MR) is 94.5 cm³/mol. The third kappa shape index (κ3) is 3.46. The molecule has 0 amide bonds. The number of aromatic nitrogens is 2. The van der Waals surface area contributed by atoms with Gasteiger partial charge in [0.2, 0.25) is 5.95 Å². The summed E-state index contributed by atoms with van der Waals surface area (Å²) in [5.74, 6) is -0.174. The van der Waals surface area contributed by atoms with Crippen LogP contribution in [0.5, 0.6) is 0 Å². The highest BCUT2D eigenvalue weighted by atomic mass is 32.1. The minimum Gasteiger partial charge on any atom is -0.462 e. The summed E-state index contributed by atoms with van der Waals surface area (Å²) in [4.78, 5) is 31.8. The van der Waals surface area contributed by atoms with Crippen LogP contribution < -0.4 is 11.3 Å². The summed E-state index contributed by atoms with van der Waals surface area (Å²) in [7, 11) is 0. The highest BCUT2D eigenvalue weighted by Crippen LogP contribution is 2.23. The smallest absolute Gasteiger partial charge is 0.338 e. The normalized spacial score (nSPS) is 10.9. The van der Waals surface area contributed by atoms with Gasteiger partial charge in [0.1, 0.15) is 4.83 Å². The van der Waals surface area contributed by atoms with Crippen LogP contribution in [0.4, 0.5) is 5.95 Å². The second kappa shape index (κ2) is 6.84. The Morgan fingerprint density at radius 2 is 2.04 bits per heavy atom. The number of hydrogen-bond acceptors (Lipinski definition) is 6. The van der Waals surface area contributed by atoms with Gasteiger partial charge in [-0.2, -0.15) is 0 Å². The first-order chi connectivity index (χ1) is 11.6. The lowest BCUT2D eigenvalue weighted by Gasteiger charge is -2.03. The van der Waals surface area contributed by atoms with Gasteiger partial charge in [-0.3, -0.25) is 9.78 Å². The summed E-state index contributed by atoms with van der Waals surface area (Å²) < 4.78 is 4.96. The van der Waals surface area contributed by atoms with Crippen LogP contribution in [0.1, 0.15) is 27.7 Å². The number of nitrogens with two attached hydrogens (primary N) is 1. The van der Waals surface area contributed by atoms with Crippen LogP contribution in [0, 0.1) is 0 Å². The summed E-state index contributed by atoms with van der Waals surface area (Å²) in [6, 6.07) is 9.24. The van der Waals surface area contributed by atoms with Crippen LogP contribution in [-0.2, 0) is 17.6 Å².